The highest BCUT2D eigenvalue weighted by atomic mass is 16.5. The average Bonchev–Trinajstić information content (AvgIpc) is 3.15. The normalized spacial score (nSPS) is 13.8. The average molecular weight is 425 g/mol. The molecule has 0 aliphatic heterocycles. The Morgan fingerprint density at radius 1 is 1.16 bits per heavy atom. The first-order chi connectivity index (χ1) is 14.7. The van der Waals surface area contributed by atoms with Crippen molar-refractivity contribution in [3.63, 3.8) is 0 Å². The Hall–Kier alpha value is -2.89. The van der Waals surface area contributed by atoms with Crippen molar-refractivity contribution in [3.8, 4) is 17.0 Å². The van der Waals surface area contributed by atoms with E-state index in [0.717, 1.165) is 35.8 Å². The lowest BCUT2D eigenvalue weighted by molar-refractivity contribution is -0.145. The molecule has 31 heavy (non-hydrogen) atoms. The number of carboxylic acid groups (broad SMARTS) is 1. The third-order valence-electron chi connectivity index (χ3n) is 5.77. The van der Waals surface area contributed by atoms with Gasteiger partial charge in [0.15, 0.2) is 0 Å². The molecule has 6 heteroatoms. The van der Waals surface area contributed by atoms with Gasteiger partial charge in [0.2, 0.25) is 11.6 Å². The predicted molar refractivity (Wildman–Crippen MR) is 121 cm³/mol. The van der Waals surface area contributed by atoms with Crippen LogP contribution in [0.1, 0.15) is 59.4 Å². The number of fused-ring (bicyclic) bond motifs is 1. The molecule has 2 aromatic heterocycles. The first-order valence-corrected chi connectivity index (χ1v) is 10.9. The molecule has 0 fully saturated rings. The fraction of sp³-hybridized carbons (Fsp3) is 0.480. The molecule has 0 aliphatic carbocycles. The number of aromatic nitrogens is 2. The molecule has 1 unspecified atom stereocenters. The van der Waals surface area contributed by atoms with Crippen molar-refractivity contribution >= 4 is 17.1 Å². The molecule has 3 aromatic rings. The zero-order valence-electron chi connectivity index (χ0n) is 19.0. The lowest BCUT2D eigenvalue weighted by atomic mass is 9.78. The molecule has 0 saturated heterocycles. The first kappa shape index (κ1) is 22.8. The summed E-state index contributed by atoms with van der Waals surface area (Å²) in [6, 6.07) is 8.36. The summed E-state index contributed by atoms with van der Waals surface area (Å²) in [4.78, 5) is 20.2. The number of benzene rings is 1. The summed E-state index contributed by atoms with van der Waals surface area (Å²) >= 11 is 0. The number of hydrogen-bond donors (Lipinski definition) is 1. The molecule has 6 nitrogen and oxygen atoms in total. The smallest absolute Gasteiger partial charge is 0.307 e. The van der Waals surface area contributed by atoms with Crippen LogP contribution in [-0.2, 0) is 11.2 Å². The Kier molecular flexibility index (Phi) is 6.98. The molecule has 166 valence electrons. The molecule has 0 radical (unpaired) electrons. The van der Waals surface area contributed by atoms with Gasteiger partial charge in [0, 0.05) is 5.56 Å². The summed E-state index contributed by atoms with van der Waals surface area (Å²) in [6.07, 6.45) is 6.13. The standard InChI is InChI=1S/C25H32N2O4/c1-6-17-10-12-18(13-11-17)19-14-30-22-21(19)23(27-15-26-22)31-16(2)8-7-9-20(24(28)29)25(3,4)5/h10-16,20H,6-9H2,1-5H3,(H,28,29)/t16-,20?/m1/s1. The van der Waals surface area contributed by atoms with Gasteiger partial charge in [-0.1, -0.05) is 52.0 Å². The van der Waals surface area contributed by atoms with Gasteiger partial charge >= 0.3 is 5.97 Å². The van der Waals surface area contributed by atoms with Crippen LogP contribution in [0.5, 0.6) is 5.88 Å². The number of aliphatic carboxylic acids is 1. The highest BCUT2D eigenvalue weighted by molar-refractivity contribution is 5.95. The third-order valence-corrected chi connectivity index (χ3v) is 5.77. The van der Waals surface area contributed by atoms with E-state index in [-0.39, 0.29) is 17.4 Å². The predicted octanol–water partition coefficient (Wildman–Crippen LogP) is 6.14. The van der Waals surface area contributed by atoms with E-state index in [2.05, 4.69) is 41.2 Å². The van der Waals surface area contributed by atoms with E-state index in [0.29, 0.717) is 18.0 Å². The van der Waals surface area contributed by atoms with Crippen LogP contribution in [-0.4, -0.2) is 27.1 Å². The summed E-state index contributed by atoms with van der Waals surface area (Å²) in [7, 11) is 0. The molecule has 0 bridgehead atoms. The van der Waals surface area contributed by atoms with Crippen LogP contribution in [0.15, 0.2) is 41.3 Å². The zero-order valence-corrected chi connectivity index (χ0v) is 19.0. The Morgan fingerprint density at radius 3 is 2.48 bits per heavy atom. The molecule has 0 spiro atoms. The quantitative estimate of drug-likeness (QED) is 0.444. The van der Waals surface area contributed by atoms with Crippen LogP contribution in [0.2, 0.25) is 0 Å². The largest absolute Gasteiger partial charge is 0.481 e. The second-order valence-corrected chi connectivity index (χ2v) is 9.18. The highest BCUT2D eigenvalue weighted by Gasteiger charge is 2.30. The minimum absolute atomic E-state index is 0.113. The van der Waals surface area contributed by atoms with Gasteiger partial charge in [-0.05, 0) is 49.1 Å². The summed E-state index contributed by atoms with van der Waals surface area (Å²) in [5.41, 5.74) is 3.42. The van der Waals surface area contributed by atoms with Crippen molar-refractivity contribution in [2.75, 3.05) is 0 Å². The van der Waals surface area contributed by atoms with Crippen molar-refractivity contribution in [3.05, 3.63) is 42.4 Å². The highest BCUT2D eigenvalue weighted by Crippen LogP contribution is 2.36. The number of carbonyl (C=O) groups is 1. The van der Waals surface area contributed by atoms with Gasteiger partial charge < -0.3 is 14.3 Å². The van der Waals surface area contributed by atoms with Crippen LogP contribution in [0.4, 0.5) is 0 Å². The molecule has 0 amide bonds. The number of ether oxygens (including phenoxy) is 1. The number of furan rings is 1. The van der Waals surface area contributed by atoms with Crippen molar-refractivity contribution < 1.29 is 19.1 Å². The summed E-state index contributed by atoms with van der Waals surface area (Å²) in [5, 5.41) is 10.3. The van der Waals surface area contributed by atoms with E-state index in [4.69, 9.17) is 9.15 Å². The molecule has 1 N–H and O–H groups in total. The molecule has 0 aliphatic rings. The van der Waals surface area contributed by atoms with Crippen LogP contribution < -0.4 is 4.74 Å². The van der Waals surface area contributed by atoms with Crippen molar-refractivity contribution in [1.82, 2.24) is 9.97 Å². The maximum absolute atomic E-state index is 11.6. The third kappa shape index (κ3) is 5.43. The number of rotatable bonds is 9. The number of nitrogens with zero attached hydrogens (tertiary/aromatic N) is 2. The zero-order chi connectivity index (χ0) is 22.6. The Balaban J connectivity index is 1.74. The van der Waals surface area contributed by atoms with E-state index in [1.807, 2.05) is 27.7 Å². The van der Waals surface area contributed by atoms with Gasteiger partial charge in [-0.15, -0.1) is 0 Å². The second kappa shape index (κ2) is 9.50. The minimum atomic E-state index is -0.740. The molecular formula is C25H32N2O4. The van der Waals surface area contributed by atoms with Gasteiger partial charge in [-0.2, -0.15) is 0 Å². The van der Waals surface area contributed by atoms with Crippen molar-refractivity contribution in [2.45, 2.75) is 66.4 Å². The Morgan fingerprint density at radius 2 is 1.87 bits per heavy atom. The van der Waals surface area contributed by atoms with E-state index in [9.17, 15) is 9.90 Å². The summed E-state index contributed by atoms with van der Waals surface area (Å²) in [5.74, 6) is -0.626. The number of carboxylic acids is 1. The minimum Gasteiger partial charge on any atom is -0.481 e. The summed E-state index contributed by atoms with van der Waals surface area (Å²) < 4.78 is 11.8. The monoisotopic (exact) mass is 424 g/mol. The van der Waals surface area contributed by atoms with Crippen molar-refractivity contribution in [2.24, 2.45) is 11.3 Å². The Bertz CT molecular complexity index is 1020. The second-order valence-electron chi connectivity index (χ2n) is 9.18. The molecule has 1 aromatic carbocycles. The molecule has 2 atom stereocenters. The van der Waals surface area contributed by atoms with E-state index in [1.54, 1.807) is 6.26 Å². The fourth-order valence-corrected chi connectivity index (χ4v) is 3.86. The summed E-state index contributed by atoms with van der Waals surface area (Å²) in [6.45, 7) is 10.0. The van der Waals surface area contributed by atoms with Crippen LogP contribution >= 0.6 is 0 Å². The van der Waals surface area contributed by atoms with Crippen LogP contribution in [0, 0.1) is 11.3 Å². The van der Waals surface area contributed by atoms with E-state index >= 15 is 0 Å². The lowest BCUT2D eigenvalue weighted by Crippen LogP contribution is -2.28. The first-order valence-electron chi connectivity index (χ1n) is 10.9. The molecule has 2 heterocycles. The maximum Gasteiger partial charge on any atom is 0.307 e. The van der Waals surface area contributed by atoms with Gasteiger partial charge in [-0.3, -0.25) is 4.79 Å². The van der Waals surface area contributed by atoms with Gasteiger partial charge in [0.05, 0.1) is 12.0 Å². The number of aryl methyl sites for hydroxylation is 1. The Labute approximate surface area is 183 Å². The molecule has 0 saturated carbocycles. The van der Waals surface area contributed by atoms with Gasteiger partial charge in [-0.25, -0.2) is 9.97 Å². The van der Waals surface area contributed by atoms with Gasteiger partial charge in [0.25, 0.3) is 0 Å². The van der Waals surface area contributed by atoms with E-state index < -0.39 is 5.97 Å². The molecule has 3 rings (SSSR count). The SMILES string of the molecule is CCc1ccc(-c2coc3ncnc(O[C@H](C)CCCC(C(=O)O)C(C)(C)C)c23)cc1. The topological polar surface area (TPSA) is 85.5 Å². The molecular weight excluding hydrogens is 392 g/mol. The maximum atomic E-state index is 11.6. The van der Waals surface area contributed by atoms with Gasteiger partial charge in [0.1, 0.15) is 18.0 Å². The van der Waals surface area contributed by atoms with Crippen LogP contribution in [0.3, 0.4) is 0 Å². The van der Waals surface area contributed by atoms with Crippen molar-refractivity contribution in [1.29, 1.82) is 0 Å². The van der Waals surface area contributed by atoms with E-state index in [1.165, 1.54) is 11.9 Å². The number of hydrogen-bond acceptors (Lipinski definition) is 5. The lowest BCUT2D eigenvalue weighted by Gasteiger charge is -2.27. The fourth-order valence-electron chi connectivity index (χ4n) is 3.86. The van der Waals surface area contributed by atoms with Crippen LogP contribution in [0.25, 0.3) is 22.2 Å².